The molecule has 0 N–H and O–H groups in total. The van der Waals surface area contributed by atoms with Gasteiger partial charge in [0.15, 0.2) is 0 Å². The van der Waals surface area contributed by atoms with Gasteiger partial charge in [-0.15, -0.1) is 0 Å². The van der Waals surface area contributed by atoms with E-state index in [1.807, 2.05) is 41.0 Å². The van der Waals surface area contributed by atoms with Crippen LogP contribution in [0, 0.1) is 5.82 Å². The molecule has 0 atom stereocenters. The number of ether oxygens (including phenoxy) is 1. The van der Waals surface area contributed by atoms with Crippen LogP contribution in [0.1, 0.15) is 0 Å². The van der Waals surface area contributed by atoms with Crippen molar-refractivity contribution in [2.24, 2.45) is 0 Å². The molecule has 118 valence electrons. The molecule has 0 fully saturated rings. The summed E-state index contributed by atoms with van der Waals surface area (Å²) < 4.78 is 20.8. The Balaban J connectivity index is 1.90. The minimum Gasteiger partial charge on any atom is -0.496 e. The van der Waals surface area contributed by atoms with E-state index in [-0.39, 0.29) is 5.82 Å². The molecule has 0 unspecified atom stereocenters. The van der Waals surface area contributed by atoms with E-state index < -0.39 is 0 Å². The summed E-state index contributed by atoms with van der Waals surface area (Å²) in [7, 11) is 1.63. The Morgan fingerprint density at radius 1 is 1.00 bits per heavy atom. The summed E-state index contributed by atoms with van der Waals surface area (Å²) >= 11 is 0. The first-order chi connectivity index (χ1) is 11.8. The van der Waals surface area contributed by atoms with Crippen LogP contribution in [0.25, 0.3) is 28.0 Å². The van der Waals surface area contributed by atoms with Crippen LogP contribution >= 0.6 is 0 Å². The zero-order valence-electron chi connectivity index (χ0n) is 13.0. The van der Waals surface area contributed by atoms with Crippen LogP contribution < -0.4 is 4.74 Å². The molecule has 4 aromatic rings. The summed E-state index contributed by atoms with van der Waals surface area (Å²) in [6.07, 6.45) is 3.39. The lowest BCUT2D eigenvalue weighted by Crippen LogP contribution is -1.94. The molecule has 0 aliphatic rings. The van der Waals surface area contributed by atoms with E-state index in [0.29, 0.717) is 0 Å². The third-order valence-electron chi connectivity index (χ3n) is 3.90. The molecule has 24 heavy (non-hydrogen) atoms. The Bertz CT molecular complexity index is 1030. The van der Waals surface area contributed by atoms with E-state index >= 15 is 0 Å². The maximum absolute atomic E-state index is 13.5. The number of aromatic nitrogens is 3. The molecule has 0 saturated heterocycles. The first-order valence-corrected chi connectivity index (χ1v) is 7.49. The van der Waals surface area contributed by atoms with Crippen molar-refractivity contribution in [1.82, 2.24) is 14.5 Å². The van der Waals surface area contributed by atoms with Gasteiger partial charge < -0.3 is 4.74 Å². The average molecular weight is 319 g/mol. The highest BCUT2D eigenvalue weighted by Gasteiger charge is 2.11. The zero-order valence-corrected chi connectivity index (χ0v) is 13.0. The summed E-state index contributed by atoms with van der Waals surface area (Å²) in [5.41, 5.74) is 4.00. The van der Waals surface area contributed by atoms with Crippen LogP contribution in [0.15, 0.2) is 67.1 Å². The Morgan fingerprint density at radius 2 is 1.88 bits per heavy atom. The quantitative estimate of drug-likeness (QED) is 0.567. The van der Waals surface area contributed by atoms with Gasteiger partial charge in [0, 0.05) is 5.56 Å². The van der Waals surface area contributed by atoms with E-state index in [4.69, 9.17) is 4.74 Å². The largest absolute Gasteiger partial charge is 0.496 e. The van der Waals surface area contributed by atoms with Gasteiger partial charge in [0.1, 0.15) is 23.4 Å². The second-order valence-corrected chi connectivity index (χ2v) is 5.35. The van der Waals surface area contributed by atoms with E-state index in [9.17, 15) is 4.39 Å². The molecule has 2 aromatic carbocycles. The van der Waals surface area contributed by atoms with Crippen molar-refractivity contribution in [3.63, 3.8) is 0 Å². The molecule has 5 heteroatoms. The molecule has 0 saturated carbocycles. The van der Waals surface area contributed by atoms with Crippen molar-refractivity contribution in [2.45, 2.75) is 0 Å². The van der Waals surface area contributed by atoms with Crippen LogP contribution in [-0.4, -0.2) is 21.6 Å². The summed E-state index contributed by atoms with van der Waals surface area (Å²) in [5.74, 6) is 0.467. The number of methoxy groups -OCH3 is 1. The Morgan fingerprint density at radius 3 is 2.71 bits per heavy atom. The maximum atomic E-state index is 13.5. The van der Waals surface area contributed by atoms with Gasteiger partial charge in [-0.2, -0.15) is 0 Å². The molecule has 2 heterocycles. The van der Waals surface area contributed by atoms with Gasteiger partial charge in [-0.1, -0.05) is 18.2 Å². The zero-order chi connectivity index (χ0) is 16.5. The molecule has 0 aliphatic carbocycles. The van der Waals surface area contributed by atoms with Crippen molar-refractivity contribution in [1.29, 1.82) is 0 Å². The molecule has 0 radical (unpaired) electrons. The summed E-state index contributed by atoms with van der Waals surface area (Å²) in [6, 6.07) is 16.1. The Labute approximate surface area is 138 Å². The van der Waals surface area contributed by atoms with Crippen LogP contribution in [0.4, 0.5) is 4.39 Å². The second-order valence-electron chi connectivity index (χ2n) is 5.35. The standard InChI is InChI=1S/C19H14FN3O/c1-24-19-8-3-2-7-15(19)16-10-18-17(11-21-16)22-12-23(18)14-6-4-5-13(20)9-14/h2-12H,1H3. The lowest BCUT2D eigenvalue weighted by Gasteiger charge is -2.09. The third kappa shape index (κ3) is 2.40. The number of para-hydroxylation sites is 1. The fourth-order valence-corrected chi connectivity index (χ4v) is 2.75. The molecule has 0 aliphatic heterocycles. The van der Waals surface area contributed by atoms with Gasteiger partial charge >= 0.3 is 0 Å². The number of nitrogens with zero attached hydrogens (tertiary/aromatic N) is 3. The van der Waals surface area contributed by atoms with Crippen molar-refractivity contribution >= 4 is 11.0 Å². The molecule has 4 rings (SSSR count). The van der Waals surface area contributed by atoms with Crippen LogP contribution in [0.2, 0.25) is 0 Å². The number of rotatable bonds is 3. The number of halogens is 1. The van der Waals surface area contributed by atoms with Gasteiger partial charge in [0.05, 0.1) is 30.2 Å². The first kappa shape index (κ1) is 14.4. The predicted octanol–water partition coefficient (Wildman–Crippen LogP) is 4.24. The second kappa shape index (κ2) is 5.77. The third-order valence-corrected chi connectivity index (χ3v) is 3.90. The van der Waals surface area contributed by atoms with Crippen LogP contribution in [0.3, 0.4) is 0 Å². The maximum Gasteiger partial charge on any atom is 0.128 e. The smallest absolute Gasteiger partial charge is 0.128 e. The van der Waals surface area contributed by atoms with Gasteiger partial charge in [0.2, 0.25) is 0 Å². The fourth-order valence-electron chi connectivity index (χ4n) is 2.75. The topological polar surface area (TPSA) is 39.9 Å². The number of pyridine rings is 1. The lowest BCUT2D eigenvalue weighted by molar-refractivity contribution is 0.416. The first-order valence-electron chi connectivity index (χ1n) is 7.49. The highest BCUT2D eigenvalue weighted by Crippen LogP contribution is 2.30. The molecule has 2 aromatic heterocycles. The number of imidazole rings is 1. The summed E-state index contributed by atoms with van der Waals surface area (Å²) in [4.78, 5) is 8.83. The fraction of sp³-hybridized carbons (Fsp3) is 0.0526. The normalized spacial score (nSPS) is 10.9. The number of benzene rings is 2. The highest BCUT2D eigenvalue weighted by molar-refractivity contribution is 5.82. The average Bonchev–Trinajstić information content (AvgIpc) is 3.05. The molecule has 0 bridgehead atoms. The van der Waals surface area contributed by atoms with E-state index in [1.165, 1.54) is 12.1 Å². The van der Waals surface area contributed by atoms with Gasteiger partial charge in [-0.05, 0) is 36.4 Å². The van der Waals surface area contributed by atoms with Crippen molar-refractivity contribution in [3.05, 3.63) is 72.9 Å². The van der Waals surface area contributed by atoms with Crippen molar-refractivity contribution < 1.29 is 9.13 Å². The monoisotopic (exact) mass is 319 g/mol. The van der Waals surface area contributed by atoms with Crippen LogP contribution in [-0.2, 0) is 0 Å². The minimum atomic E-state index is -0.284. The van der Waals surface area contributed by atoms with Gasteiger partial charge in [0.25, 0.3) is 0 Å². The number of hydrogen-bond donors (Lipinski definition) is 0. The Kier molecular flexibility index (Phi) is 3.46. The predicted molar refractivity (Wildman–Crippen MR) is 90.8 cm³/mol. The number of hydrogen-bond acceptors (Lipinski definition) is 3. The minimum absolute atomic E-state index is 0.284. The lowest BCUT2D eigenvalue weighted by atomic mass is 10.1. The summed E-state index contributed by atoms with van der Waals surface area (Å²) in [6.45, 7) is 0. The SMILES string of the molecule is COc1ccccc1-c1cc2c(cn1)ncn2-c1cccc(F)c1. The van der Waals surface area contributed by atoms with Crippen molar-refractivity contribution in [3.8, 4) is 22.7 Å². The molecule has 4 nitrogen and oxygen atoms in total. The van der Waals surface area contributed by atoms with E-state index in [2.05, 4.69) is 9.97 Å². The molecule has 0 spiro atoms. The highest BCUT2D eigenvalue weighted by atomic mass is 19.1. The van der Waals surface area contributed by atoms with E-state index in [0.717, 1.165) is 33.7 Å². The molecule has 0 amide bonds. The number of fused-ring (bicyclic) bond motifs is 1. The van der Waals surface area contributed by atoms with Crippen molar-refractivity contribution in [2.75, 3.05) is 7.11 Å². The molecular formula is C19H14FN3O. The van der Waals surface area contributed by atoms with Gasteiger partial charge in [-0.3, -0.25) is 9.55 Å². The van der Waals surface area contributed by atoms with E-state index in [1.54, 1.807) is 25.7 Å². The van der Waals surface area contributed by atoms with Gasteiger partial charge in [-0.25, -0.2) is 9.37 Å². The van der Waals surface area contributed by atoms with Crippen LogP contribution in [0.5, 0.6) is 5.75 Å². The Hall–Kier alpha value is -3.21. The summed E-state index contributed by atoms with van der Waals surface area (Å²) in [5, 5.41) is 0. The molecular weight excluding hydrogens is 305 g/mol.